The quantitative estimate of drug-likeness (QED) is 0.767. The van der Waals surface area contributed by atoms with Crippen LogP contribution in [0.1, 0.15) is 18.4 Å². The average Bonchev–Trinajstić information content (AvgIpc) is 3.04. The lowest BCUT2D eigenvalue weighted by molar-refractivity contribution is 0.384. The van der Waals surface area contributed by atoms with E-state index in [1.54, 1.807) is 0 Å². The number of aryl methyl sites for hydroxylation is 1. The monoisotopic (exact) mass is 297 g/mol. The molecule has 0 aliphatic carbocycles. The number of hydrogen-bond acceptors (Lipinski definition) is 4. The number of furan rings is 1. The fraction of sp³-hybridized carbons (Fsp3) is 0.333. The zero-order valence-electron chi connectivity index (χ0n) is 13.0. The van der Waals surface area contributed by atoms with Crippen molar-refractivity contribution in [2.24, 2.45) is 0 Å². The van der Waals surface area contributed by atoms with E-state index in [0.717, 1.165) is 42.9 Å². The van der Waals surface area contributed by atoms with Crippen LogP contribution in [0.3, 0.4) is 0 Å². The van der Waals surface area contributed by atoms with E-state index in [2.05, 4.69) is 35.2 Å². The van der Waals surface area contributed by atoms with Crippen LogP contribution >= 0.6 is 0 Å². The minimum atomic E-state index is -0.154. The summed E-state index contributed by atoms with van der Waals surface area (Å²) in [5, 5.41) is 11.1. The van der Waals surface area contributed by atoms with Crippen molar-refractivity contribution >= 4 is 11.0 Å². The highest BCUT2D eigenvalue weighted by Gasteiger charge is 2.38. The molecular weight excluding hydrogens is 274 g/mol. The van der Waals surface area contributed by atoms with Crippen molar-refractivity contribution < 1.29 is 4.42 Å². The number of hydrogen-bond donors (Lipinski definition) is 3. The van der Waals surface area contributed by atoms with Gasteiger partial charge >= 0.3 is 0 Å². The van der Waals surface area contributed by atoms with Crippen LogP contribution in [0, 0.1) is 0 Å². The van der Waals surface area contributed by atoms with Crippen LogP contribution in [0.15, 0.2) is 59.6 Å². The first kappa shape index (κ1) is 14.7. The molecule has 0 saturated carbocycles. The van der Waals surface area contributed by atoms with Crippen molar-refractivity contribution in [3.05, 3.63) is 60.8 Å². The van der Waals surface area contributed by atoms with E-state index in [4.69, 9.17) is 4.42 Å². The van der Waals surface area contributed by atoms with Gasteiger partial charge in [-0.2, -0.15) is 0 Å². The number of rotatable bonds is 6. The van der Waals surface area contributed by atoms with Crippen molar-refractivity contribution in [1.82, 2.24) is 16.0 Å². The van der Waals surface area contributed by atoms with Crippen molar-refractivity contribution in [3.63, 3.8) is 0 Å². The normalized spacial score (nSPS) is 21.1. The first-order chi connectivity index (χ1) is 10.6. The van der Waals surface area contributed by atoms with E-state index < -0.39 is 0 Å². The first-order valence-electron chi connectivity index (χ1n) is 7.68. The summed E-state index contributed by atoms with van der Waals surface area (Å²) >= 11 is 0. The molecule has 0 radical (unpaired) electrons. The molecule has 1 fully saturated rings. The lowest BCUT2D eigenvalue weighted by atomic mass is 9.86. The summed E-state index contributed by atoms with van der Waals surface area (Å²) in [6, 6.07) is 8.17. The number of nitrogens with one attached hydrogen (secondary N) is 3. The second-order valence-electron chi connectivity index (χ2n) is 5.90. The smallest absolute Gasteiger partial charge is 0.134 e. The average molecular weight is 297 g/mol. The van der Waals surface area contributed by atoms with E-state index in [1.165, 1.54) is 10.9 Å². The molecule has 1 aliphatic heterocycles. The summed E-state index contributed by atoms with van der Waals surface area (Å²) in [6.07, 6.45) is 4.71. The molecule has 0 amide bonds. The van der Waals surface area contributed by atoms with E-state index in [0.29, 0.717) is 0 Å². The Balaban J connectivity index is 1.79. The topological polar surface area (TPSA) is 49.2 Å². The van der Waals surface area contributed by atoms with Crippen molar-refractivity contribution in [2.45, 2.75) is 24.8 Å². The zero-order valence-corrected chi connectivity index (χ0v) is 13.0. The number of fused-ring (bicyclic) bond motifs is 1. The van der Waals surface area contributed by atoms with Gasteiger partial charge in [0.15, 0.2) is 0 Å². The van der Waals surface area contributed by atoms with Gasteiger partial charge in [-0.15, -0.1) is 0 Å². The maximum absolute atomic E-state index is 5.64. The Morgan fingerprint density at radius 2 is 2.05 bits per heavy atom. The van der Waals surface area contributed by atoms with Gasteiger partial charge in [0.25, 0.3) is 0 Å². The Morgan fingerprint density at radius 3 is 2.77 bits per heavy atom. The Labute approximate surface area is 131 Å². The Kier molecular flexibility index (Phi) is 3.94. The van der Waals surface area contributed by atoms with Gasteiger partial charge in [0.1, 0.15) is 5.58 Å². The molecule has 0 spiro atoms. The third-order valence-corrected chi connectivity index (χ3v) is 4.45. The molecule has 1 atom stereocenters. The second kappa shape index (κ2) is 5.89. The third-order valence-electron chi connectivity index (χ3n) is 4.45. The van der Waals surface area contributed by atoms with Gasteiger partial charge < -0.3 is 20.4 Å². The van der Waals surface area contributed by atoms with Gasteiger partial charge in [-0.25, -0.2) is 0 Å². The molecule has 1 saturated heterocycles. The van der Waals surface area contributed by atoms with Gasteiger partial charge in [0, 0.05) is 11.1 Å². The fourth-order valence-electron chi connectivity index (χ4n) is 3.16. The molecule has 3 N–H and O–H groups in total. The summed E-state index contributed by atoms with van der Waals surface area (Å²) in [5.41, 5.74) is 3.04. The highest BCUT2D eigenvalue weighted by atomic mass is 16.3. The van der Waals surface area contributed by atoms with E-state index in [1.807, 2.05) is 31.5 Å². The summed E-state index contributed by atoms with van der Waals surface area (Å²) in [4.78, 5) is 0. The summed E-state index contributed by atoms with van der Waals surface area (Å²) in [5.74, 6) is 0.832. The Bertz CT molecular complexity index is 703. The molecule has 116 valence electrons. The minimum Gasteiger partial charge on any atom is -0.464 e. The van der Waals surface area contributed by atoms with Gasteiger partial charge in [0.05, 0.1) is 17.6 Å². The minimum absolute atomic E-state index is 0.154. The summed E-state index contributed by atoms with van der Waals surface area (Å²) in [6.45, 7) is 9.09. The van der Waals surface area contributed by atoms with Crippen LogP contribution in [-0.4, -0.2) is 19.1 Å². The van der Waals surface area contributed by atoms with Crippen LogP contribution in [-0.2, 0) is 6.42 Å². The lowest BCUT2D eigenvalue weighted by Gasteiger charge is -2.30. The Hall–Kier alpha value is -2.20. The van der Waals surface area contributed by atoms with Crippen molar-refractivity contribution in [3.8, 4) is 0 Å². The molecule has 1 unspecified atom stereocenters. The predicted octanol–water partition coefficient (Wildman–Crippen LogP) is 2.89. The lowest BCUT2D eigenvalue weighted by Crippen LogP contribution is -2.43. The molecule has 1 aliphatic rings. The van der Waals surface area contributed by atoms with Gasteiger partial charge in [-0.05, 0) is 44.5 Å². The summed E-state index contributed by atoms with van der Waals surface area (Å²) in [7, 11) is 1.97. The van der Waals surface area contributed by atoms with Gasteiger partial charge in [0.2, 0.25) is 0 Å². The first-order valence-corrected chi connectivity index (χ1v) is 7.68. The fourth-order valence-corrected chi connectivity index (χ4v) is 3.16. The van der Waals surface area contributed by atoms with Crippen LogP contribution in [0.2, 0.25) is 0 Å². The van der Waals surface area contributed by atoms with E-state index in [9.17, 15) is 0 Å². The standard InChI is InChI=1S/C18H23N3O/c1-13-18(10-11-19-3,21-14(2)20-13)9-8-15-12-22-17-7-5-4-6-16(15)17/h4-7,12,19-21H,1-2,8-11H2,3H3. The van der Waals surface area contributed by atoms with Gasteiger partial charge in [-0.3, -0.25) is 0 Å². The maximum Gasteiger partial charge on any atom is 0.134 e. The van der Waals surface area contributed by atoms with Crippen LogP contribution < -0.4 is 16.0 Å². The second-order valence-corrected chi connectivity index (χ2v) is 5.90. The van der Waals surface area contributed by atoms with Crippen molar-refractivity contribution in [2.75, 3.05) is 13.6 Å². The molecule has 4 nitrogen and oxygen atoms in total. The molecule has 2 aromatic rings. The van der Waals surface area contributed by atoms with Crippen LogP contribution in [0.4, 0.5) is 0 Å². The highest BCUT2D eigenvalue weighted by molar-refractivity contribution is 5.80. The number of para-hydroxylation sites is 1. The molecule has 0 bridgehead atoms. The SMILES string of the molecule is C=C1NC(=C)C(CCNC)(CCc2coc3ccccc23)N1. The molecule has 1 aromatic heterocycles. The zero-order chi connectivity index (χ0) is 15.6. The predicted molar refractivity (Wildman–Crippen MR) is 90.4 cm³/mol. The highest BCUT2D eigenvalue weighted by Crippen LogP contribution is 2.31. The molecular formula is C18H23N3O. The Morgan fingerprint density at radius 1 is 1.23 bits per heavy atom. The number of benzene rings is 1. The molecule has 2 heterocycles. The summed E-state index contributed by atoms with van der Waals surface area (Å²) < 4.78 is 5.64. The largest absolute Gasteiger partial charge is 0.464 e. The molecule has 3 rings (SSSR count). The van der Waals surface area contributed by atoms with E-state index >= 15 is 0 Å². The molecule has 4 heteroatoms. The van der Waals surface area contributed by atoms with Crippen LogP contribution in [0.25, 0.3) is 11.0 Å². The maximum atomic E-state index is 5.64. The van der Waals surface area contributed by atoms with Crippen molar-refractivity contribution in [1.29, 1.82) is 0 Å². The van der Waals surface area contributed by atoms with Gasteiger partial charge in [-0.1, -0.05) is 31.4 Å². The third kappa shape index (κ3) is 2.62. The molecule has 1 aromatic carbocycles. The van der Waals surface area contributed by atoms with E-state index in [-0.39, 0.29) is 5.54 Å². The molecule has 22 heavy (non-hydrogen) atoms. The van der Waals surface area contributed by atoms with Crippen LogP contribution in [0.5, 0.6) is 0 Å².